The molecule has 1 heterocycles. The van der Waals surface area contributed by atoms with Gasteiger partial charge in [-0.3, -0.25) is 9.89 Å². The minimum atomic E-state index is -3.14. The van der Waals surface area contributed by atoms with Gasteiger partial charge in [-0.1, -0.05) is 19.1 Å². The van der Waals surface area contributed by atoms with Crippen LogP contribution in [0.4, 0.5) is 0 Å². The summed E-state index contributed by atoms with van der Waals surface area (Å²) in [5.74, 6) is 1.31. The molecule has 0 radical (unpaired) electrons. The van der Waals surface area contributed by atoms with Gasteiger partial charge in [0.15, 0.2) is 15.8 Å². The first-order valence-electron chi connectivity index (χ1n) is 9.42. The fourth-order valence-electron chi connectivity index (χ4n) is 3.01. The number of sulfone groups is 1. The lowest BCUT2D eigenvalue weighted by atomic mass is 10.1. The highest BCUT2D eigenvalue weighted by molar-refractivity contribution is 14.0. The highest BCUT2D eigenvalue weighted by Gasteiger charge is 2.14. The molecule has 1 atom stereocenters. The lowest BCUT2D eigenvalue weighted by Gasteiger charge is -2.29. The second-order valence-electron chi connectivity index (χ2n) is 7.06. The van der Waals surface area contributed by atoms with Gasteiger partial charge in [-0.15, -0.1) is 24.0 Å². The van der Waals surface area contributed by atoms with Crippen molar-refractivity contribution in [3.8, 4) is 0 Å². The van der Waals surface area contributed by atoms with Gasteiger partial charge in [-0.2, -0.15) is 0 Å². The van der Waals surface area contributed by atoms with Crippen LogP contribution < -0.4 is 10.6 Å². The van der Waals surface area contributed by atoms with Crippen molar-refractivity contribution in [3.63, 3.8) is 0 Å². The van der Waals surface area contributed by atoms with Crippen LogP contribution >= 0.6 is 24.0 Å². The van der Waals surface area contributed by atoms with Gasteiger partial charge in [0, 0.05) is 46.0 Å². The predicted molar refractivity (Wildman–Crippen MR) is 124 cm³/mol. The summed E-state index contributed by atoms with van der Waals surface area (Å²) < 4.78 is 28.4. The lowest BCUT2D eigenvalue weighted by molar-refractivity contribution is 0.0320. The summed E-state index contributed by atoms with van der Waals surface area (Å²) in [4.78, 5) is 7.06. The van der Waals surface area contributed by atoms with Crippen LogP contribution in [-0.4, -0.2) is 78.5 Å². The SMILES string of the molecule is CN=C(NCCc1ccc(S(C)(=O)=O)cc1)NCC(C)CN1CCOCC1.I. The second-order valence-corrected chi connectivity index (χ2v) is 9.08. The summed E-state index contributed by atoms with van der Waals surface area (Å²) >= 11 is 0. The Balaban J connectivity index is 0.00000392. The molecule has 0 bridgehead atoms. The Morgan fingerprint density at radius 3 is 2.43 bits per heavy atom. The van der Waals surface area contributed by atoms with Crippen LogP contribution in [0, 0.1) is 5.92 Å². The molecule has 1 aliphatic rings. The Bertz CT molecular complexity index is 704. The van der Waals surface area contributed by atoms with Crippen molar-refractivity contribution in [2.45, 2.75) is 18.2 Å². The molecule has 28 heavy (non-hydrogen) atoms. The van der Waals surface area contributed by atoms with Crippen molar-refractivity contribution in [1.29, 1.82) is 0 Å². The van der Waals surface area contributed by atoms with Gasteiger partial charge in [0.1, 0.15) is 0 Å². The average Bonchev–Trinajstić information content (AvgIpc) is 2.65. The van der Waals surface area contributed by atoms with Crippen molar-refractivity contribution in [1.82, 2.24) is 15.5 Å². The number of nitrogens with zero attached hydrogens (tertiary/aromatic N) is 2. The van der Waals surface area contributed by atoms with Crippen molar-refractivity contribution in [3.05, 3.63) is 29.8 Å². The second kappa shape index (κ2) is 12.6. The average molecular weight is 524 g/mol. The molecule has 0 aromatic heterocycles. The van der Waals surface area contributed by atoms with Crippen LogP contribution in [-0.2, 0) is 21.0 Å². The van der Waals surface area contributed by atoms with Gasteiger partial charge in [0.2, 0.25) is 0 Å². The summed E-state index contributed by atoms with van der Waals surface area (Å²) in [5, 5.41) is 6.68. The molecular formula is C19H33IN4O3S. The molecule has 7 nitrogen and oxygen atoms in total. The van der Waals surface area contributed by atoms with Gasteiger partial charge in [-0.05, 0) is 30.0 Å². The number of hydrogen-bond acceptors (Lipinski definition) is 5. The number of hydrogen-bond donors (Lipinski definition) is 2. The van der Waals surface area contributed by atoms with Gasteiger partial charge in [0.25, 0.3) is 0 Å². The first-order chi connectivity index (χ1) is 12.9. The lowest BCUT2D eigenvalue weighted by Crippen LogP contribution is -2.44. The molecule has 2 N–H and O–H groups in total. The Labute approximate surface area is 186 Å². The van der Waals surface area contributed by atoms with Crippen LogP contribution in [0.3, 0.4) is 0 Å². The maximum absolute atomic E-state index is 11.5. The predicted octanol–water partition coefficient (Wildman–Crippen LogP) is 1.38. The van der Waals surface area contributed by atoms with Crippen molar-refractivity contribution in [2.24, 2.45) is 10.9 Å². The third-order valence-electron chi connectivity index (χ3n) is 4.57. The third-order valence-corrected chi connectivity index (χ3v) is 5.70. The molecule has 1 saturated heterocycles. The number of nitrogens with one attached hydrogen (secondary N) is 2. The summed E-state index contributed by atoms with van der Waals surface area (Å²) in [6, 6.07) is 7.04. The van der Waals surface area contributed by atoms with Crippen molar-refractivity contribution in [2.75, 3.05) is 59.2 Å². The Morgan fingerprint density at radius 2 is 1.86 bits per heavy atom. The third kappa shape index (κ3) is 9.06. The van der Waals surface area contributed by atoms with Crippen LogP contribution in [0.15, 0.2) is 34.2 Å². The quantitative estimate of drug-likeness (QED) is 0.304. The topological polar surface area (TPSA) is 83.0 Å². The zero-order valence-corrected chi connectivity index (χ0v) is 20.1. The number of ether oxygens (including phenoxy) is 1. The van der Waals surface area contributed by atoms with E-state index in [2.05, 4.69) is 27.4 Å². The summed E-state index contributed by atoms with van der Waals surface area (Å²) in [6.45, 7) is 8.56. The maximum atomic E-state index is 11.5. The fraction of sp³-hybridized carbons (Fsp3) is 0.632. The van der Waals surface area contributed by atoms with E-state index in [1.165, 1.54) is 6.26 Å². The number of guanidine groups is 1. The van der Waals surface area contributed by atoms with Crippen LogP contribution in [0.5, 0.6) is 0 Å². The molecule has 0 amide bonds. The van der Waals surface area contributed by atoms with Gasteiger partial charge < -0.3 is 15.4 Å². The molecule has 1 aliphatic heterocycles. The van der Waals surface area contributed by atoms with E-state index in [0.29, 0.717) is 10.8 Å². The Morgan fingerprint density at radius 1 is 1.21 bits per heavy atom. The normalized spacial score (nSPS) is 16.9. The number of morpholine rings is 1. The van der Waals surface area contributed by atoms with Crippen molar-refractivity contribution >= 4 is 39.8 Å². The van der Waals surface area contributed by atoms with E-state index in [4.69, 9.17) is 4.74 Å². The van der Waals surface area contributed by atoms with Gasteiger partial charge >= 0.3 is 0 Å². The molecule has 9 heteroatoms. The number of rotatable bonds is 8. The number of benzene rings is 1. The first-order valence-corrected chi connectivity index (χ1v) is 11.3. The Hall–Kier alpha value is -0.910. The maximum Gasteiger partial charge on any atom is 0.190 e. The van der Waals surface area contributed by atoms with E-state index in [1.54, 1.807) is 19.2 Å². The van der Waals surface area contributed by atoms with Gasteiger partial charge in [0.05, 0.1) is 18.1 Å². The summed E-state index contributed by atoms with van der Waals surface area (Å²) in [6.07, 6.45) is 2.02. The molecule has 0 aliphatic carbocycles. The van der Waals surface area contributed by atoms with Gasteiger partial charge in [-0.25, -0.2) is 8.42 Å². The molecule has 0 spiro atoms. The number of halogens is 1. The monoisotopic (exact) mass is 524 g/mol. The van der Waals surface area contributed by atoms with E-state index >= 15 is 0 Å². The molecule has 160 valence electrons. The molecule has 1 fully saturated rings. The van der Waals surface area contributed by atoms with E-state index in [1.807, 2.05) is 12.1 Å². The molecule has 2 rings (SSSR count). The van der Waals surface area contributed by atoms with E-state index in [0.717, 1.165) is 63.9 Å². The highest BCUT2D eigenvalue weighted by Crippen LogP contribution is 2.10. The molecule has 1 unspecified atom stereocenters. The smallest absolute Gasteiger partial charge is 0.190 e. The molecule has 1 aromatic carbocycles. The zero-order valence-electron chi connectivity index (χ0n) is 17.0. The molecule has 1 aromatic rings. The van der Waals surface area contributed by atoms with E-state index in [9.17, 15) is 8.42 Å². The summed E-state index contributed by atoms with van der Waals surface area (Å²) in [5.41, 5.74) is 1.09. The van der Waals surface area contributed by atoms with Crippen LogP contribution in [0.2, 0.25) is 0 Å². The highest BCUT2D eigenvalue weighted by atomic mass is 127. The fourth-order valence-corrected chi connectivity index (χ4v) is 3.64. The minimum Gasteiger partial charge on any atom is -0.379 e. The van der Waals surface area contributed by atoms with E-state index < -0.39 is 9.84 Å². The van der Waals surface area contributed by atoms with Crippen LogP contribution in [0.1, 0.15) is 12.5 Å². The summed E-state index contributed by atoms with van der Waals surface area (Å²) in [7, 11) is -1.37. The molecule has 0 saturated carbocycles. The molecular weight excluding hydrogens is 491 g/mol. The van der Waals surface area contributed by atoms with E-state index in [-0.39, 0.29) is 24.0 Å². The first kappa shape index (κ1) is 25.1. The minimum absolute atomic E-state index is 0. The van der Waals surface area contributed by atoms with Crippen molar-refractivity contribution < 1.29 is 13.2 Å². The standard InChI is InChI=1S/C19H32N4O3S.HI/c1-16(15-23-10-12-26-13-11-23)14-22-19(20-2)21-9-8-17-4-6-18(7-5-17)27(3,24)25;/h4-7,16H,8-15H2,1-3H3,(H2,20,21,22);1H. The Kier molecular flexibility index (Phi) is 11.3. The number of aliphatic imine (C=N–C) groups is 1. The van der Waals surface area contributed by atoms with Crippen LogP contribution in [0.25, 0.3) is 0 Å². The zero-order chi connectivity index (χ0) is 19.7. The largest absolute Gasteiger partial charge is 0.379 e.